The predicted octanol–water partition coefficient (Wildman–Crippen LogP) is 3.56. The van der Waals surface area contributed by atoms with Crippen molar-refractivity contribution in [3.05, 3.63) is 94.2 Å². The van der Waals surface area contributed by atoms with Gasteiger partial charge in [0.15, 0.2) is 5.65 Å². The predicted molar refractivity (Wildman–Crippen MR) is 131 cm³/mol. The SMILES string of the molecule is Cc1ccc(CNC(=O)Cn2nc3c4cc(-c5ccc(C(C)C)cc5)nn4ccn3c2=O)cc1. The van der Waals surface area contributed by atoms with Crippen LogP contribution in [0, 0.1) is 6.92 Å². The molecular weight excluding hydrogens is 428 g/mol. The lowest BCUT2D eigenvalue weighted by molar-refractivity contribution is -0.122. The Balaban J connectivity index is 1.40. The molecule has 5 rings (SSSR count). The average Bonchev–Trinajstić information content (AvgIpc) is 3.40. The van der Waals surface area contributed by atoms with Gasteiger partial charge in [-0.25, -0.2) is 18.4 Å². The largest absolute Gasteiger partial charge is 0.350 e. The van der Waals surface area contributed by atoms with Gasteiger partial charge in [0.1, 0.15) is 12.1 Å². The molecular formula is C26H26N6O2. The number of carbonyl (C=O) groups is 1. The maximum atomic E-state index is 12.9. The van der Waals surface area contributed by atoms with Crippen LogP contribution in [0.2, 0.25) is 0 Å². The third kappa shape index (κ3) is 4.10. The molecule has 1 amide bonds. The summed E-state index contributed by atoms with van der Waals surface area (Å²) in [4.78, 5) is 25.3. The van der Waals surface area contributed by atoms with Crippen LogP contribution < -0.4 is 11.0 Å². The molecule has 0 radical (unpaired) electrons. The van der Waals surface area contributed by atoms with E-state index in [1.807, 2.05) is 37.3 Å². The van der Waals surface area contributed by atoms with E-state index in [-0.39, 0.29) is 18.1 Å². The number of amides is 1. The van der Waals surface area contributed by atoms with E-state index in [9.17, 15) is 9.59 Å². The second-order valence-electron chi connectivity index (χ2n) is 8.83. The molecule has 172 valence electrons. The molecule has 0 bridgehead atoms. The molecule has 0 unspecified atom stereocenters. The van der Waals surface area contributed by atoms with Crippen LogP contribution >= 0.6 is 0 Å². The van der Waals surface area contributed by atoms with Crippen LogP contribution in [0.25, 0.3) is 22.4 Å². The zero-order valence-corrected chi connectivity index (χ0v) is 19.4. The van der Waals surface area contributed by atoms with Gasteiger partial charge < -0.3 is 5.32 Å². The summed E-state index contributed by atoms with van der Waals surface area (Å²) in [5, 5.41) is 11.9. The van der Waals surface area contributed by atoms with Gasteiger partial charge in [0.2, 0.25) is 5.91 Å². The molecule has 3 aromatic heterocycles. The zero-order chi connectivity index (χ0) is 23.8. The number of hydrogen-bond acceptors (Lipinski definition) is 4. The van der Waals surface area contributed by atoms with Crippen LogP contribution in [0.1, 0.15) is 36.5 Å². The number of aryl methyl sites for hydroxylation is 1. The molecule has 8 heteroatoms. The summed E-state index contributed by atoms with van der Waals surface area (Å²) in [5.74, 6) is 0.182. The second kappa shape index (κ2) is 8.62. The third-order valence-electron chi connectivity index (χ3n) is 5.97. The second-order valence-corrected chi connectivity index (χ2v) is 8.83. The molecule has 1 N–H and O–H groups in total. The summed E-state index contributed by atoms with van der Waals surface area (Å²) in [6.45, 7) is 6.57. The summed E-state index contributed by atoms with van der Waals surface area (Å²) in [6, 6.07) is 18.2. The minimum Gasteiger partial charge on any atom is -0.350 e. The average molecular weight is 455 g/mol. The molecule has 0 aliphatic heterocycles. The molecule has 0 atom stereocenters. The number of benzene rings is 2. The minimum absolute atomic E-state index is 0.157. The first-order chi connectivity index (χ1) is 16.4. The van der Waals surface area contributed by atoms with E-state index < -0.39 is 0 Å². The summed E-state index contributed by atoms with van der Waals surface area (Å²) in [5.41, 5.74) is 5.99. The van der Waals surface area contributed by atoms with Crippen molar-refractivity contribution in [3.63, 3.8) is 0 Å². The Kier molecular flexibility index (Phi) is 5.49. The number of fused-ring (bicyclic) bond motifs is 3. The highest BCUT2D eigenvalue weighted by Crippen LogP contribution is 2.23. The first-order valence-electron chi connectivity index (χ1n) is 11.3. The molecule has 0 saturated heterocycles. The Labute approximate surface area is 196 Å². The van der Waals surface area contributed by atoms with Crippen molar-refractivity contribution in [1.29, 1.82) is 0 Å². The first-order valence-corrected chi connectivity index (χ1v) is 11.3. The van der Waals surface area contributed by atoms with Crippen LogP contribution in [0.15, 0.2) is 71.8 Å². The molecule has 3 heterocycles. The van der Waals surface area contributed by atoms with Crippen molar-refractivity contribution in [2.45, 2.75) is 39.8 Å². The smallest absolute Gasteiger partial charge is 0.350 e. The first kappa shape index (κ1) is 21.6. The molecule has 34 heavy (non-hydrogen) atoms. The van der Waals surface area contributed by atoms with E-state index >= 15 is 0 Å². The Bertz CT molecular complexity index is 1540. The van der Waals surface area contributed by atoms with Crippen molar-refractivity contribution in [2.24, 2.45) is 0 Å². The van der Waals surface area contributed by atoms with Gasteiger partial charge in [-0.05, 0) is 30.0 Å². The van der Waals surface area contributed by atoms with E-state index in [4.69, 9.17) is 0 Å². The summed E-state index contributed by atoms with van der Waals surface area (Å²) in [6.07, 6.45) is 3.34. The van der Waals surface area contributed by atoms with Crippen LogP contribution in [0.3, 0.4) is 0 Å². The summed E-state index contributed by atoms with van der Waals surface area (Å²) in [7, 11) is 0. The van der Waals surface area contributed by atoms with Gasteiger partial charge in [-0.3, -0.25) is 4.79 Å². The molecule has 8 nitrogen and oxygen atoms in total. The quantitative estimate of drug-likeness (QED) is 0.425. The number of nitrogens with one attached hydrogen (secondary N) is 1. The number of nitrogens with zero attached hydrogens (tertiary/aromatic N) is 5. The Morgan fingerprint density at radius 1 is 1.00 bits per heavy atom. The zero-order valence-electron chi connectivity index (χ0n) is 19.4. The van der Waals surface area contributed by atoms with Crippen LogP contribution in [-0.2, 0) is 17.9 Å². The Morgan fingerprint density at radius 3 is 2.44 bits per heavy atom. The van der Waals surface area contributed by atoms with E-state index in [1.165, 1.54) is 14.6 Å². The van der Waals surface area contributed by atoms with Crippen molar-refractivity contribution >= 4 is 17.1 Å². The van der Waals surface area contributed by atoms with Crippen molar-refractivity contribution in [3.8, 4) is 11.3 Å². The van der Waals surface area contributed by atoms with Crippen molar-refractivity contribution in [2.75, 3.05) is 0 Å². The standard InChI is InChI=1S/C26H26N6O2/c1-17(2)20-8-10-21(11-9-20)22-14-23-25-29-32(26(34)30(25)12-13-31(23)28-22)16-24(33)27-15-19-6-4-18(3)5-7-19/h4-14,17H,15-16H2,1-3H3,(H,27,33). The van der Waals surface area contributed by atoms with E-state index in [1.54, 1.807) is 16.9 Å². The molecule has 0 aliphatic carbocycles. The van der Waals surface area contributed by atoms with Crippen LogP contribution in [-0.4, -0.2) is 29.7 Å². The highest BCUT2D eigenvalue weighted by molar-refractivity contribution is 5.77. The molecule has 0 saturated carbocycles. The molecule has 0 aliphatic rings. The minimum atomic E-state index is -0.368. The Morgan fingerprint density at radius 2 is 1.74 bits per heavy atom. The molecule has 0 spiro atoms. The molecule has 2 aromatic carbocycles. The van der Waals surface area contributed by atoms with Crippen molar-refractivity contribution < 1.29 is 4.79 Å². The van der Waals surface area contributed by atoms with Crippen LogP contribution in [0.5, 0.6) is 0 Å². The molecule has 0 fully saturated rings. The summed E-state index contributed by atoms with van der Waals surface area (Å²) >= 11 is 0. The topological polar surface area (TPSA) is 85.7 Å². The fraction of sp³-hybridized carbons (Fsp3) is 0.231. The van der Waals surface area contributed by atoms with Gasteiger partial charge in [-0.2, -0.15) is 5.10 Å². The van der Waals surface area contributed by atoms with Gasteiger partial charge in [-0.1, -0.05) is 67.9 Å². The highest BCUT2D eigenvalue weighted by Gasteiger charge is 2.15. The van der Waals surface area contributed by atoms with Gasteiger partial charge >= 0.3 is 5.69 Å². The van der Waals surface area contributed by atoms with Gasteiger partial charge in [0.25, 0.3) is 0 Å². The number of rotatable bonds is 6. The number of aromatic nitrogens is 5. The maximum Gasteiger partial charge on any atom is 0.350 e. The summed E-state index contributed by atoms with van der Waals surface area (Å²) < 4.78 is 4.33. The lowest BCUT2D eigenvalue weighted by Crippen LogP contribution is -2.32. The molecule has 5 aromatic rings. The van der Waals surface area contributed by atoms with Gasteiger partial charge in [0, 0.05) is 24.5 Å². The number of carbonyl (C=O) groups excluding carboxylic acids is 1. The fourth-order valence-electron chi connectivity index (χ4n) is 3.92. The van der Waals surface area contributed by atoms with Gasteiger partial charge in [-0.15, -0.1) is 5.10 Å². The normalized spacial score (nSPS) is 11.5. The van der Waals surface area contributed by atoms with Crippen molar-refractivity contribution in [1.82, 2.24) is 29.1 Å². The lowest BCUT2D eigenvalue weighted by atomic mass is 10.0. The van der Waals surface area contributed by atoms with E-state index in [0.717, 1.165) is 22.4 Å². The lowest BCUT2D eigenvalue weighted by Gasteiger charge is -2.05. The van der Waals surface area contributed by atoms with E-state index in [2.05, 4.69) is 53.6 Å². The Hall–Kier alpha value is -4.20. The number of hydrogen-bond donors (Lipinski definition) is 1. The monoisotopic (exact) mass is 454 g/mol. The fourth-order valence-corrected chi connectivity index (χ4v) is 3.92. The third-order valence-corrected chi connectivity index (χ3v) is 5.97. The highest BCUT2D eigenvalue weighted by atomic mass is 16.2. The van der Waals surface area contributed by atoms with E-state index in [0.29, 0.717) is 23.6 Å². The maximum absolute atomic E-state index is 12.9. The van der Waals surface area contributed by atoms with Gasteiger partial charge in [0.05, 0.1) is 5.69 Å². The van der Waals surface area contributed by atoms with Crippen LogP contribution in [0.4, 0.5) is 0 Å².